The van der Waals surface area contributed by atoms with Gasteiger partial charge in [0.2, 0.25) is 0 Å². The van der Waals surface area contributed by atoms with Crippen LogP contribution in [0.15, 0.2) is 72.8 Å². The molecule has 0 spiro atoms. The number of rotatable bonds is 6. The van der Waals surface area contributed by atoms with Gasteiger partial charge >= 0.3 is 15.4 Å². The molecule has 0 saturated heterocycles. The van der Waals surface area contributed by atoms with Crippen molar-refractivity contribution in [1.82, 2.24) is 5.06 Å². The second-order valence-electron chi connectivity index (χ2n) is 8.72. The van der Waals surface area contributed by atoms with Crippen LogP contribution in [0.4, 0.5) is 8.78 Å². The summed E-state index contributed by atoms with van der Waals surface area (Å²) in [5, 5.41) is -3.77. The Morgan fingerprint density at radius 2 is 1.59 bits per heavy atom. The number of ether oxygens (including phenoxy) is 1. The number of hydroxylamine groups is 2. The van der Waals surface area contributed by atoms with E-state index in [1.165, 1.54) is 0 Å². The van der Waals surface area contributed by atoms with Crippen molar-refractivity contribution in [2.24, 2.45) is 17.8 Å². The van der Waals surface area contributed by atoms with E-state index in [0.29, 0.717) is 28.2 Å². The number of benzene rings is 2. The van der Waals surface area contributed by atoms with Gasteiger partial charge in [-0.15, -0.1) is 4.28 Å². The second-order valence-corrected chi connectivity index (χ2v) is 10.3. The van der Waals surface area contributed by atoms with Gasteiger partial charge in [0.15, 0.2) is 0 Å². The van der Waals surface area contributed by atoms with Gasteiger partial charge in [-0.25, -0.2) is 0 Å². The van der Waals surface area contributed by atoms with Gasteiger partial charge in [-0.3, -0.25) is 4.79 Å². The van der Waals surface area contributed by atoms with Crippen molar-refractivity contribution in [3.8, 4) is 0 Å². The molecule has 1 amide bonds. The third-order valence-electron chi connectivity index (χ3n) is 6.61. The zero-order valence-electron chi connectivity index (χ0n) is 18.1. The van der Waals surface area contributed by atoms with E-state index >= 15 is 8.78 Å². The van der Waals surface area contributed by atoms with E-state index in [2.05, 4.69) is 0 Å². The van der Waals surface area contributed by atoms with Crippen LogP contribution in [-0.4, -0.2) is 38.0 Å². The summed E-state index contributed by atoms with van der Waals surface area (Å²) in [4.78, 5) is 13.5. The molecule has 2 aromatic rings. The maximum absolute atomic E-state index is 15.2. The third-order valence-corrected chi connectivity index (χ3v) is 7.96. The average molecular weight is 488 g/mol. The Kier molecular flexibility index (Phi) is 5.87. The third kappa shape index (κ3) is 3.97. The first kappa shape index (κ1) is 22.9. The van der Waals surface area contributed by atoms with Crippen LogP contribution in [0.1, 0.15) is 24.0 Å². The molecular weight excluding hydrogens is 464 g/mol. The highest BCUT2D eigenvalue weighted by Crippen LogP contribution is 2.52. The fourth-order valence-corrected chi connectivity index (χ4v) is 6.05. The first-order valence-electron chi connectivity index (χ1n) is 11.0. The minimum absolute atomic E-state index is 0.0343. The van der Waals surface area contributed by atoms with Gasteiger partial charge in [0.1, 0.15) is 6.73 Å². The standard InChI is InChI=1S/C25H23F2NO5S/c26-25(27,22-14-17-11-12-20(22)13-17)34(30,31)33-28-16-32-15-21(18-7-3-1-4-8-18)23(24(28)29)19-9-5-2-6-10-19/h1-12,17,20,22H,13-16H2. The molecule has 0 N–H and O–H groups in total. The second kappa shape index (κ2) is 8.72. The topological polar surface area (TPSA) is 72.9 Å². The summed E-state index contributed by atoms with van der Waals surface area (Å²) in [6.07, 6.45) is 4.06. The van der Waals surface area contributed by atoms with Crippen molar-refractivity contribution in [3.63, 3.8) is 0 Å². The van der Waals surface area contributed by atoms with Crippen LogP contribution in [0.5, 0.6) is 0 Å². The van der Waals surface area contributed by atoms with E-state index in [0.717, 1.165) is 0 Å². The number of halogens is 2. The summed E-state index contributed by atoms with van der Waals surface area (Å²) in [5.41, 5.74) is 1.82. The average Bonchev–Trinajstić information content (AvgIpc) is 3.44. The largest absolute Gasteiger partial charge is 0.375 e. The highest BCUT2D eigenvalue weighted by Gasteiger charge is 2.60. The molecule has 2 aromatic carbocycles. The number of hydrogen-bond donors (Lipinski definition) is 0. The molecule has 1 heterocycles. The van der Waals surface area contributed by atoms with E-state index in [-0.39, 0.29) is 24.5 Å². The Hall–Kier alpha value is -2.88. The molecule has 34 heavy (non-hydrogen) atoms. The number of hydrogen-bond acceptors (Lipinski definition) is 5. The number of nitrogens with zero attached hydrogens (tertiary/aromatic N) is 1. The Morgan fingerprint density at radius 1 is 0.941 bits per heavy atom. The van der Waals surface area contributed by atoms with E-state index in [4.69, 9.17) is 9.02 Å². The molecule has 3 aliphatic rings. The Bertz CT molecular complexity index is 1240. The number of allylic oxidation sites excluding steroid dienone is 2. The number of amides is 1. The van der Waals surface area contributed by atoms with Crippen LogP contribution in [0.2, 0.25) is 0 Å². The van der Waals surface area contributed by atoms with Crippen LogP contribution < -0.4 is 0 Å². The summed E-state index contributed by atoms with van der Waals surface area (Å²) in [6, 6.07) is 17.6. The van der Waals surface area contributed by atoms with Gasteiger partial charge in [0, 0.05) is 5.92 Å². The number of carbonyl (C=O) groups is 1. The Labute approximate surface area is 196 Å². The summed E-state index contributed by atoms with van der Waals surface area (Å²) in [6.45, 7) is -0.648. The molecule has 2 aliphatic carbocycles. The fraction of sp³-hybridized carbons (Fsp3) is 0.320. The lowest BCUT2D eigenvalue weighted by atomic mass is 9.94. The first-order valence-corrected chi connectivity index (χ1v) is 12.4. The molecular formula is C25H23F2NO5S. The zero-order chi connectivity index (χ0) is 23.9. The quantitative estimate of drug-likeness (QED) is 0.562. The summed E-state index contributed by atoms with van der Waals surface area (Å²) in [5.74, 6) is -2.84. The maximum Gasteiger partial charge on any atom is 0.375 e. The number of fused-ring (bicyclic) bond motifs is 2. The first-order chi connectivity index (χ1) is 16.3. The number of carbonyl (C=O) groups excluding carboxylic acids is 1. The summed E-state index contributed by atoms with van der Waals surface area (Å²) in [7, 11) is -5.47. The van der Waals surface area contributed by atoms with Crippen molar-refractivity contribution in [1.29, 1.82) is 0 Å². The van der Waals surface area contributed by atoms with Gasteiger partial charge in [-0.1, -0.05) is 72.8 Å². The monoisotopic (exact) mass is 487 g/mol. The van der Waals surface area contributed by atoms with Crippen molar-refractivity contribution in [2.75, 3.05) is 13.3 Å². The summed E-state index contributed by atoms with van der Waals surface area (Å²) < 4.78 is 66.2. The molecule has 0 radical (unpaired) electrons. The lowest BCUT2D eigenvalue weighted by molar-refractivity contribution is -0.168. The van der Waals surface area contributed by atoms with Crippen molar-refractivity contribution < 1.29 is 31.0 Å². The molecule has 178 valence electrons. The van der Waals surface area contributed by atoms with Gasteiger partial charge in [-0.2, -0.15) is 22.3 Å². The predicted molar refractivity (Wildman–Crippen MR) is 121 cm³/mol. The molecule has 3 unspecified atom stereocenters. The van der Waals surface area contributed by atoms with E-state index < -0.39 is 39.8 Å². The molecule has 1 saturated carbocycles. The lowest BCUT2D eigenvalue weighted by Gasteiger charge is -2.29. The van der Waals surface area contributed by atoms with E-state index in [1.807, 2.05) is 12.1 Å². The molecule has 6 nitrogen and oxygen atoms in total. The zero-order valence-corrected chi connectivity index (χ0v) is 19.0. The van der Waals surface area contributed by atoms with Gasteiger partial charge in [0.05, 0.1) is 12.2 Å². The highest BCUT2D eigenvalue weighted by atomic mass is 32.2. The minimum atomic E-state index is -5.47. The van der Waals surface area contributed by atoms with Crippen LogP contribution in [0, 0.1) is 17.8 Å². The van der Waals surface area contributed by atoms with Crippen LogP contribution in [-0.2, 0) is 23.9 Å². The maximum atomic E-state index is 15.2. The number of alkyl halides is 2. The fourth-order valence-electron chi connectivity index (χ4n) is 4.96. The van der Waals surface area contributed by atoms with Crippen LogP contribution in [0.3, 0.4) is 0 Å². The molecule has 0 aromatic heterocycles. The molecule has 1 fully saturated rings. The SMILES string of the molecule is O=C1C(c2ccccc2)=C(c2ccccc2)COCN1OS(=O)(=O)C(F)(F)C1CC2C=CC1C2. The molecule has 5 rings (SSSR count). The van der Waals surface area contributed by atoms with E-state index in [1.54, 1.807) is 60.7 Å². The van der Waals surface area contributed by atoms with Crippen molar-refractivity contribution in [2.45, 2.75) is 18.1 Å². The Balaban J connectivity index is 1.49. The normalized spacial score (nSPS) is 25.2. The lowest BCUT2D eigenvalue weighted by Crippen LogP contribution is -2.45. The predicted octanol–water partition coefficient (Wildman–Crippen LogP) is 4.48. The minimum Gasteiger partial charge on any atom is -0.354 e. The van der Waals surface area contributed by atoms with Crippen molar-refractivity contribution in [3.05, 3.63) is 83.9 Å². The van der Waals surface area contributed by atoms with Crippen LogP contribution in [0.25, 0.3) is 11.1 Å². The molecule has 1 aliphatic heterocycles. The van der Waals surface area contributed by atoms with E-state index in [9.17, 15) is 13.2 Å². The molecule has 3 atom stereocenters. The van der Waals surface area contributed by atoms with Crippen LogP contribution >= 0.6 is 0 Å². The molecule has 2 bridgehead atoms. The summed E-state index contributed by atoms with van der Waals surface area (Å²) >= 11 is 0. The molecule has 9 heteroatoms. The van der Waals surface area contributed by atoms with Gasteiger partial charge in [0.25, 0.3) is 5.91 Å². The van der Waals surface area contributed by atoms with Gasteiger partial charge < -0.3 is 4.74 Å². The highest BCUT2D eigenvalue weighted by molar-refractivity contribution is 7.87. The Morgan fingerprint density at radius 3 is 2.18 bits per heavy atom. The van der Waals surface area contributed by atoms with Gasteiger partial charge in [-0.05, 0) is 41.4 Å². The smallest absolute Gasteiger partial charge is 0.354 e. The van der Waals surface area contributed by atoms with Crippen molar-refractivity contribution >= 4 is 27.2 Å².